The maximum absolute atomic E-state index is 12.3. The average molecular weight is 328 g/mol. The van der Waals surface area contributed by atoms with Gasteiger partial charge in [-0.1, -0.05) is 26.8 Å². The summed E-state index contributed by atoms with van der Waals surface area (Å²) in [4.78, 5) is 23.3. The van der Waals surface area contributed by atoms with Crippen LogP contribution >= 0.6 is 0 Å². The van der Waals surface area contributed by atoms with Crippen LogP contribution < -0.4 is 16.5 Å². The van der Waals surface area contributed by atoms with Crippen molar-refractivity contribution in [1.82, 2.24) is 5.43 Å². The van der Waals surface area contributed by atoms with E-state index in [2.05, 4.69) is 36.6 Å². The zero-order valence-corrected chi connectivity index (χ0v) is 14.3. The lowest BCUT2D eigenvalue weighted by atomic mass is 9.70. The lowest BCUT2D eigenvalue weighted by Gasteiger charge is -2.34. The number of hydrogen-bond acceptors (Lipinski definition) is 3. The molecule has 2 aliphatic rings. The summed E-state index contributed by atoms with van der Waals surface area (Å²) < 4.78 is 0. The Balaban J connectivity index is 1.74. The van der Waals surface area contributed by atoms with Crippen LogP contribution in [-0.4, -0.2) is 17.6 Å². The van der Waals surface area contributed by atoms with Crippen molar-refractivity contribution in [2.24, 2.45) is 27.6 Å². The Labute approximate surface area is 141 Å². The predicted octanol–water partition coefficient (Wildman–Crippen LogP) is 3.11. The molecule has 2 bridgehead atoms. The number of nitrogens with one attached hydrogen (secondary N) is 2. The van der Waals surface area contributed by atoms with Crippen molar-refractivity contribution in [3.05, 3.63) is 29.8 Å². The van der Waals surface area contributed by atoms with Crippen LogP contribution in [0, 0.1) is 16.7 Å². The predicted molar refractivity (Wildman–Crippen MR) is 93.8 cm³/mol. The summed E-state index contributed by atoms with van der Waals surface area (Å²) in [6.07, 6.45) is 3.31. The van der Waals surface area contributed by atoms with E-state index in [1.165, 1.54) is 6.42 Å². The minimum atomic E-state index is -0.662. The van der Waals surface area contributed by atoms with E-state index in [9.17, 15) is 9.59 Å². The molecule has 2 atom stereocenters. The van der Waals surface area contributed by atoms with Gasteiger partial charge in [0, 0.05) is 22.4 Å². The standard InChI is InChI=1S/C18H24N4O2/c1-17(2)12-7-8-18(17,3)14(10-12)21-22-15(23)11-5-4-6-13(9-11)20-16(19)24/h4-6,9,12H,7-8,10H2,1-3H3,(H,22,23)(H3,19,20,24)/b21-14+/t12-,18-/m1/s1. The van der Waals surface area contributed by atoms with Crippen LogP contribution in [0.3, 0.4) is 0 Å². The first-order chi connectivity index (χ1) is 11.2. The fourth-order valence-corrected chi connectivity index (χ4v) is 4.16. The van der Waals surface area contributed by atoms with E-state index in [1.807, 2.05) is 0 Å². The summed E-state index contributed by atoms with van der Waals surface area (Å²) in [5.41, 5.74) is 10.0. The number of carbonyl (C=O) groups excluding carboxylic acids is 2. The van der Waals surface area contributed by atoms with Crippen molar-refractivity contribution in [2.75, 3.05) is 5.32 Å². The molecule has 1 aromatic carbocycles. The highest BCUT2D eigenvalue weighted by molar-refractivity contribution is 5.99. The van der Waals surface area contributed by atoms with Gasteiger partial charge in [-0.05, 0) is 48.8 Å². The molecule has 0 aliphatic heterocycles. The first-order valence-corrected chi connectivity index (χ1v) is 8.28. The first-order valence-electron chi connectivity index (χ1n) is 8.28. The van der Waals surface area contributed by atoms with E-state index >= 15 is 0 Å². The molecule has 6 heteroatoms. The second-order valence-corrected chi connectivity index (χ2v) is 7.56. The normalized spacial score (nSPS) is 28.8. The quantitative estimate of drug-likeness (QED) is 0.743. The van der Waals surface area contributed by atoms with Crippen LogP contribution in [0.4, 0.5) is 10.5 Å². The van der Waals surface area contributed by atoms with Gasteiger partial charge in [0.2, 0.25) is 0 Å². The zero-order chi connectivity index (χ0) is 17.5. The molecule has 3 rings (SSSR count). The van der Waals surface area contributed by atoms with Gasteiger partial charge in [-0.2, -0.15) is 5.10 Å². The number of amides is 3. The van der Waals surface area contributed by atoms with Gasteiger partial charge in [-0.25, -0.2) is 10.2 Å². The van der Waals surface area contributed by atoms with Crippen molar-refractivity contribution in [1.29, 1.82) is 0 Å². The van der Waals surface area contributed by atoms with Crippen LogP contribution in [0.1, 0.15) is 50.4 Å². The molecular formula is C18H24N4O2. The molecule has 2 fully saturated rings. The number of carbonyl (C=O) groups is 2. The van der Waals surface area contributed by atoms with E-state index < -0.39 is 6.03 Å². The number of nitrogens with two attached hydrogens (primary N) is 1. The average Bonchev–Trinajstić information content (AvgIpc) is 2.85. The molecule has 2 aliphatic carbocycles. The molecule has 0 heterocycles. The maximum atomic E-state index is 12.3. The lowest BCUT2D eigenvalue weighted by Crippen LogP contribution is -2.34. The van der Waals surface area contributed by atoms with Gasteiger partial charge < -0.3 is 11.1 Å². The number of rotatable bonds is 3. The van der Waals surface area contributed by atoms with Crippen LogP contribution in [0.25, 0.3) is 0 Å². The van der Waals surface area contributed by atoms with Crippen molar-refractivity contribution in [3.63, 3.8) is 0 Å². The third-order valence-corrected chi connectivity index (χ3v) is 6.20. The van der Waals surface area contributed by atoms with E-state index in [-0.39, 0.29) is 16.7 Å². The van der Waals surface area contributed by atoms with Crippen LogP contribution in [0.15, 0.2) is 29.4 Å². The minimum Gasteiger partial charge on any atom is -0.351 e. The number of fused-ring (bicyclic) bond motifs is 2. The molecule has 0 unspecified atom stereocenters. The fourth-order valence-electron chi connectivity index (χ4n) is 4.16. The molecule has 4 N–H and O–H groups in total. The third-order valence-electron chi connectivity index (χ3n) is 6.20. The number of benzene rings is 1. The Kier molecular flexibility index (Phi) is 3.86. The molecule has 1 aromatic rings. The summed E-state index contributed by atoms with van der Waals surface area (Å²) in [6, 6.07) is 5.95. The van der Waals surface area contributed by atoms with Crippen LogP contribution in [0.5, 0.6) is 0 Å². The number of hydrazone groups is 1. The van der Waals surface area contributed by atoms with Crippen molar-refractivity contribution < 1.29 is 9.59 Å². The topological polar surface area (TPSA) is 96.6 Å². The number of nitrogens with zero attached hydrogens (tertiary/aromatic N) is 1. The molecule has 2 saturated carbocycles. The highest BCUT2D eigenvalue weighted by Crippen LogP contribution is 2.63. The molecule has 3 amide bonds. The Morgan fingerprint density at radius 1 is 1.29 bits per heavy atom. The number of anilines is 1. The smallest absolute Gasteiger partial charge is 0.316 e. The van der Waals surface area contributed by atoms with Crippen molar-refractivity contribution >= 4 is 23.3 Å². The van der Waals surface area contributed by atoms with Crippen LogP contribution in [0.2, 0.25) is 0 Å². The van der Waals surface area contributed by atoms with Crippen molar-refractivity contribution in [2.45, 2.75) is 40.0 Å². The second kappa shape index (κ2) is 5.61. The Morgan fingerprint density at radius 3 is 2.62 bits per heavy atom. The number of hydrogen-bond donors (Lipinski definition) is 3. The maximum Gasteiger partial charge on any atom is 0.316 e. The van der Waals surface area contributed by atoms with Gasteiger partial charge >= 0.3 is 6.03 Å². The Hall–Kier alpha value is -2.37. The van der Waals surface area contributed by atoms with E-state index in [1.54, 1.807) is 24.3 Å². The second-order valence-electron chi connectivity index (χ2n) is 7.56. The van der Waals surface area contributed by atoms with Gasteiger partial charge in [0.15, 0.2) is 0 Å². The first kappa shape index (κ1) is 16.5. The summed E-state index contributed by atoms with van der Waals surface area (Å²) in [6.45, 7) is 6.85. The summed E-state index contributed by atoms with van der Waals surface area (Å²) in [5, 5.41) is 6.90. The highest BCUT2D eigenvalue weighted by Gasteiger charge is 2.59. The molecule has 0 aromatic heterocycles. The van der Waals surface area contributed by atoms with Gasteiger partial charge in [0.25, 0.3) is 5.91 Å². The summed E-state index contributed by atoms with van der Waals surface area (Å²) >= 11 is 0. The molecular weight excluding hydrogens is 304 g/mol. The van der Waals surface area contributed by atoms with Crippen LogP contribution in [-0.2, 0) is 0 Å². The van der Waals surface area contributed by atoms with Crippen molar-refractivity contribution in [3.8, 4) is 0 Å². The van der Waals surface area contributed by atoms with E-state index in [0.717, 1.165) is 18.6 Å². The van der Waals surface area contributed by atoms with Gasteiger partial charge in [-0.3, -0.25) is 4.79 Å². The Bertz CT molecular complexity index is 725. The zero-order valence-electron chi connectivity index (χ0n) is 14.3. The molecule has 6 nitrogen and oxygen atoms in total. The van der Waals surface area contributed by atoms with E-state index in [4.69, 9.17) is 5.73 Å². The minimum absolute atomic E-state index is 0.0559. The largest absolute Gasteiger partial charge is 0.351 e. The fraction of sp³-hybridized carbons (Fsp3) is 0.500. The number of primary amides is 1. The summed E-state index contributed by atoms with van der Waals surface area (Å²) in [7, 11) is 0. The third kappa shape index (κ3) is 2.56. The van der Waals surface area contributed by atoms with Gasteiger partial charge in [-0.15, -0.1) is 0 Å². The molecule has 0 saturated heterocycles. The van der Waals surface area contributed by atoms with E-state index in [0.29, 0.717) is 17.2 Å². The Morgan fingerprint density at radius 2 is 2.04 bits per heavy atom. The SMILES string of the molecule is CC1(C)[C@@H]2CC[C@]1(C)/C(=N/NC(=O)c1cccc(NC(N)=O)c1)C2. The van der Waals surface area contributed by atoms with Gasteiger partial charge in [0.05, 0.1) is 0 Å². The highest BCUT2D eigenvalue weighted by atomic mass is 16.2. The molecule has 128 valence electrons. The number of urea groups is 1. The molecule has 24 heavy (non-hydrogen) atoms. The lowest BCUT2D eigenvalue weighted by molar-refractivity contribution is 0.0954. The molecule has 0 radical (unpaired) electrons. The summed E-state index contributed by atoms with van der Waals surface area (Å²) in [5.74, 6) is 0.348. The van der Waals surface area contributed by atoms with Gasteiger partial charge in [0.1, 0.15) is 0 Å². The monoisotopic (exact) mass is 328 g/mol. The molecule has 0 spiro atoms.